The van der Waals surface area contributed by atoms with Gasteiger partial charge in [-0.1, -0.05) is 25.0 Å². The van der Waals surface area contributed by atoms with Crippen LogP contribution in [0.15, 0.2) is 24.3 Å². The molecule has 1 aromatic carbocycles. The van der Waals surface area contributed by atoms with Crippen molar-refractivity contribution in [2.75, 3.05) is 11.4 Å². The average Bonchev–Trinajstić information content (AvgIpc) is 2.88. The molecular weight excluding hydrogens is 228 g/mol. The smallest absolute Gasteiger partial charge is 0.260 e. The molecule has 0 saturated heterocycles. The normalized spacial score (nSPS) is 18.4. The van der Waals surface area contributed by atoms with Crippen molar-refractivity contribution in [1.29, 1.82) is 0 Å². The van der Waals surface area contributed by atoms with E-state index in [2.05, 4.69) is 5.32 Å². The highest BCUT2D eigenvalue weighted by Gasteiger charge is 2.33. The van der Waals surface area contributed by atoms with Crippen LogP contribution in [0.5, 0.6) is 0 Å². The summed E-state index contributed by atoms with van der Waals surface area (Å²) < 4.78 is 0. The molecule has 1 N–H and O–H groups in total. The highest BCUT2D eigenvalue weighted by atomic mass is 16.2. The summed E-state index contributed by atoms with van der Waals surface area (Å²) in [6, 6.07) is 7.70. The zero-order chi connectivity index (χ0) is 12.5. The van der Waals surface area contributed by atoms with E-state index in [4.69, 9.17) is 0 Å². The Labute approximate surface area is 106 Å². The third-order valence-electron chi connectivity index (χ3n) is 3.69. The van der Waals surface area contributed by atoms with E-state index in [0.717, 1.165) is 18.5 Å². The van der Waals surface area contributed by atoms with E-state index in [9.17, 15) is 9.59 Å². The number of hydrogen-bond acceptors (Lipinski definition) is 2. The second-order valence-corrected chi connectivity index (χ2v) is 4.96. The minimum Gasteiger partial charge on any atom is -0.352 e. The fourth-order valence-electron chi connectivity index (χ4n) is 2.74. The fraction of sp³-hybridized carbons (Fsp3) is 0.429. The maximum Gasteiger partial charge on any atom is 0.260 e. The Hall–Kier alpha value is -1.84. The van der Waals surface area contributed by atoms with Crippen LogP contribution in [0.2, 0.25) is 0 Å². The van der Waals surface area contributed by atoms with E-state index in [-0.39, 0.29) is 18.4 Å². The highest BCUT2D eigenvalue weighted by Crippen LogP contribution is 2.31. The van der Waals surface area contributed by atoms with E-state index in [0.29, 0.717) is 11.6 Å². The average molecular weight is 244 g/mol. The molecule has 0 bridgehead atoms. The van der Waals surface area contributed by atoms with Crippen molar-refractivity contribution in [2.45, 2.75) is 31.7 Å². The topological polar surface area (TPSA) is 49.4 Å². The molecule has 0 spiro atoms. The van der Waals surface area contributed by atoms with Gasteiger partial charge in [-0.25, -0.2) is 0 Å². The number of rotatable bonds is 3. The fourth-order valence-corrected chi connectivity index (χ4v) is 2.74. The Kier molecular flexibility index (Phi) is 2.78. The molecule has 1 aliphatic heterocycles. The molecular formula is C14H16N2O2. The van der Waals surface area contributed by atoms with Crippen molar-refractivity contribution in [1.82, 2.24) is 5.32 Å². The lowest BCUT2D eigenvalue weighted by Crippen LogP contribution is -2.48. The van der Waals surface area contributed by atoms with Crippen molar-refractivity contribution in [3.63, 3.8) is 0 Å². The zero-order valence-corrected chi connectivity index (χ0v) is 10.2. The number of carbonyl (C=O) groups excluding carboxylic acids is 2. The van der Waals surface area contributed by atoms with Crippen LogP contribution in [0.1, 0.15) is 36.0 Å². The molecule has 1 fully saturated rings. The van der Waals surface area contributed by atoms with Crippen LogP contribution in [0.3, 0.4) is 0 Å². The summed E-state index contributed by atoms with van der Waals surface area (Å²) in [5.41, 5.74) is 1.58. The summed E-state index contributed by atoms with van der Waals surface area (Å²) >= 11 is 0. The summed E-state index contributed by atoms with van der Waals surface area (Å²) in [5.74, 6) is -0.100. The van der Waals surface area contributed by atoms with Crippen molar-refractivity contribution < 1.29 is 9.59 Å². The van der Waals surface area contributed by atoms with Gasteiger partial charge in [0, 0.05) is 6.04 Å². The van der Waals surface area contributed by atoms with Crippen LogP contribution >= 0.6 is 0 Å². The number of amides is 2. The molecule has 0 unspecified atom stereocenters. The number of anilines is 1. The predicted octanol–water partition coefficient (Wildman–Crippen LogP) is 1.71. The third-order valence-corrected chi connectivity index (χ3v) is 3.69. The molecule has 3 rings (SSSR count). The van der Waals surface area contributed by atoms with Crippen molar-refractivity contribution >= 4 is 17.5 Å². The van der Waals surface area contributed by atoms with Gasteiger partial charge < -0.3 is 5.32 Å². The quantitative estimate of drug-likeness (QED) is 0.880. The van der Waals surface area contributed by atoms with Gasteiger partial charge in [0.1, 0.15) is 6.54 Å². The van der Waals surface area contributed by atoms with E-state index in [1.54, 1.807) is 11.0 Å². The second kappa shape index (κ2) is 4.44. The van der Waals surface area contributed by atoms with Crippen LogP contribution in [0.25, 0.3) is 0 Å². The minimum atomic E-state index is -0.0512. The van der Waals surface area contributed by atoms with Crippen molar-refractivity contribution in [2.24, 2.45) is 0 Å². The van der Waals surface area contributed by atoms with Gasteiger partial charge in [-0.3, -0.25) is 14.5 Å². The van der Waals surface area contributed by atoms with Crippen LogP contribution in [-0.4, -0.2) is 24.4 Å². The highest BCUT2D eigenvalue weighted by molar-refractivity contribution is 6.21. The number of carbonyl (C=O) groups is 2. The Morgan fingerprint density at radius 3 is 2.78 bits per heavy atom. The Balaban J connectivity index is 1.61. The number of nitrogens with zero attached hydrogens (tertiary/aromatic N) is 1. The van der Waals surface area contributed by atoms with Crippen LogP contribution in [0, 0.1) is 0 Å². The van der Waals surface area contributed by atoms with Crippen LogP contribution in [-0.2, 0) is 4.79 Å². The van der Waals surface area contributed by atoms with Gasteiger partial charge >= 0.3 is 0 Å². The van der Waals surface area contributed by atoms with Gasteiger partial charge in [0.2, 0.25) is 5.91 Å². The molecule has 1 saturated carbocycles. The summed E-state index contributed by atoms with van der Waals surface area (Å²) in [5, 5.41) is 3.00. The van der Waals surface area contributed by atoms with Crippen molar-refractivity contribution in [3.05, 3.63) is 29.8 Å². The lowest BCUT2D eigenvalue weighted by Gasteiger charge is -2.33. The maximum atomic E-state index is 11.9. The monoisotopic (exact) mass is 244 g/mol. The van der Waals surface area contributed by atoms with Gasteiger partial charge in [0.25, 0.3) is 5.91 Å². The van der Waals surface area contributed by atoms with Gasteiger partial charge in [0.05, 0.1) is 11.3 Å². The molecule has 1 aliphatic carbocycles. The molecule has 2 aliphatic rings. The summed E-state index contributed by atoms with van der Waals surface area (Å²) in [4.78, 5) is 25.2. The van der Waals surface area contributed by atoms with Gasteiger partial charge in [-0.05, 0) is 25.0 Å². The summed E-state index contributed by atoms with van der Waals surface area (Å²) in [6.07, 6.45) is 4.51. The first-order valence-corrected chi connectivity index (χ1v) is 6.46. The number of benzene rings is 1. The lowest BCUT2D eigenvalue weighted by molar-refractivity contribution is -0.120. The molecule has 4 heteroatoms. The van der Waals surface area contributed by atoms with Gasteiger partial charge in [-0.2, -0.15) is 0 Å². The molecule has 18 heavy (non-hydrogen) atoms. The number of nitrogens with one attached hydrogen (secondary N) is 1. The first-order chi connectivity index (χ1) is 8.75. The van der Waals surface area contributed by atoms with E-state index in [1.165, 1.54) is 12.8 Å². The van der Waals surface area contributed by atoms with Gasteiger partial charge in [-0.15, -0.1) is 0 Å². The predicted molar refractivity (Wildman–Crippen MR) is 68.5 cm³/mol. The zero-order valence-electron chi connectivity index (χ0n) is 10.2. The maximum absolute atomic E-state index is 11.9. The molecule has 94 valence electrons. The lowest BCUT2D eigenvalue weighted by atomic mass is 10.0. The second-order valence-electron chi connectivity index (χ2n) is 4.96. The molecule has 2 amide bonds. The van der Waals surface area contributed by atoms with E-state index < -0.39 is 0 Å². The number of para-hydroxylation sites is 1. The third kappa shape index (κ3) is 1.88. The van der Waals surface area contributed by atoms with E-state index in [1.807, 2.05) is 18.2 Å². The summed E-state index contributed by atoms with van der Waals surface area (Å²) in [7, 11) is 0. The largest absolute Gasteiger partial charge is 0.352 e. The minimum absolute atomic E-state index is 0.0489. The van der Waals surface area contributed by atoms with Crippen LogP contribution in [0.4, 0.5) is 5.69 Å². The molecule has 0 radical (unpaired) electrons. The first-order valence-electron chi connectivity index (χ1n) is 6.46. The molecule has 4 nitrogen and oxygen atoms in total. The number of fused-ring (bicyclic) bond motifs is 1. The van der Waals surface area contributed by atoms with Crippen LogP contribution < -0.4 is 10.2 Å². The molecule has 0 atom stereocenters. The summed E-state index contributed by atoms with van der Waals surface area (Å²) in [6.45, 7) is 0.145. The molecule has 1 aromatic rings. The molecule has 1 heterocycles. The molecule has 0 aromatic heterocycles. The van der Waals surface area contributed by atoms with Gasteiger partial charge in [0.15, 0.2) is 0 Å². The Morgan fingerprint density at radius 2 is 2.00 bits per heavy atom. The SMILES string of the molecule is O=C(CN1C(=O)c2ccccc21)NC1CCCC1. The Morgan fingerprint density at radius 1 is 1.28 bits per heavy atom. The first kappa shape index (κ1) is 11.3. The Bertz CT molecular complexity index is 492. The van der Waals surface area contributed by atoms with Crippen molar-refractivity contribution in [3.8, 4) is 0 Å². The standard InChI is InChI=1S/C14H16N2O2/c17-13(15-10-5-1-2-6-10)9-16-12-8-4-3-7-11(12)14(16)18/h3-4,7-8,10H,1-2,5-6,9H2,(H,15,17). The van der Waals surface area contributed by atoms with E-state index >= 15 is 0 Å². The number of hydrogen-bond donors (Lipinski definition) is 1.